The fourth-order valence-corrected chi connectivity index (χ4v) is 2.17. The van der Waals surface area contributed by atoms with Gasteiger partial charge in [-0.2, -0.15) is 0 Å². The van der Waals surface area contributed by atoms with Crippen molar-refractivity contribution in [2.45, 2.75) is 45.1 Å². The Hall–Kier alpha value is -1.52. The van der Waals surface area contributed by atoms with Gasteiger partial charge in [0, 0.05) is 0 Å². The molecule has 18 heavy (non-hydrogen) atoms. The summed E-state index contributed by atoms with van der Waals surface area (Å²) >= 11 is 0. The van der Waals surface area contributed by atoms with Gasteiger partial charge in [-0.15, -0.1) is 0 Å². The third-order valence-corrected chi connectivity index (χ3v) is 3.34. The van der Waals surface area contributed by atoms with Crippen molar-refractivity contribution in [3.05, 3.63) is 47.0 Å². The maximum atomic E-state index is 10.4. The van der Waals surface area contributed by atoms with E-state index < -0.39 is 5.60 Å². The van der Waals surface area contributed by atoms with Gasteiger partial charge in [-0.1, -0.05) is 47.7 Å². The standard InChI is InChI=1S/C17H20O/c1-14-7-6-10-16(13-14)17(2,18)12-11-15-8-4-3-5-9-15/h6-8,10,13,18H,3-5,9H2,1-2H3. The van der Waals surface area contributed by atoms with Crippen LogP contribution in [0.15, 0.2) is 35.9 Å². The molecule has 1 aromatic rings. The number of hydrogen-bond donors (Lipinski definition) is 1. The van der Waals surface area contributed by atoms with Gasteiger partial charge in [0.1, 0.15) is 5.60 Å². The molecule has 0 aliphatic heterocycles. The Morgan fingerprint density at radius 1 is 1.28 bits per heavy atom. The molecule has 1 aliphatic rings. The van der Waals surface area contributed by atoms with Crippen LogP contribution in [-0.2, 0) is 5.60 Å². The summed E-state index contributed by atoms with van der Waals surface area (Å²) in [6.07, 6.45) is 6.85. The molecule has 1 unspecified atom stereocenters. The molecule has 1 nitrogen and oxygen atoms in total. The number of aryl methyl sites for hydroxylation is 1. The predicted molar refractivity (Wildman–Crippen MR) is 75.1 cm³/mol. The molecular weight excluding hydrogens is 220 g/mol. The number of hydrogen-bond acceptors (Lipinski definition) is 1. The molecule has 0 saturated heterocycles. The highest BCUT2D eigenvalue weighted by Gasteiger charge is 2.19. The van der Waals surface area contributed by atoms with Gasteiger partial charge in [0.25, 0.3) is 0 Å². The first-order chi connectivity index (χ1) is 8.58. The summed E-state index contributed by atoms with van der Waals surface area (Å²) in [5.74, 6) is 6.15. The van der Waals surface area contributed by atoms with Crippen LogP contribution in [0.3, 0.4) is 0 Å². The van der Waals surface area contributed by atoms with Crippen LogP contribution in [-0.4, -0.2) is 5.11 Å². The highest BCUT2D eigenvalue weighted by Crippen LogP contribution is 2.22. The number of benzene rings is 1. The lowest BCUT2D eigenvalue weighted by atomic mass is 9.93. The first-order valence-corrected chi connectivity index (χ1v) is 6.60. The summed E-state index contributed by atoms with van der Waals surface area (Å²) in [6.45, 7) is 3.79. The lowest BCUT2D eigenvalue weighted by Gasteiger charge is -2.17. The van der Waals surface area contributed by atoms with Crippen LogP contribution in [0.1, 0.15) is 43.7 Å². The van der Waals surface area contributed by atoms with Gasteiger partial charge in [-0.05, 0) is 50.7 Å². The molecule has 1 N–H and O–H groups in total. The van der Waals surface area contributed by atoms with Crippen molar-refractivity contribution in [1.82, 2.24) is 0 Å². The zero-order valence-corrected chi connectivity index (χ0v) is 11.2. The Balaban J connectivity index is 2.21. The van der Waals surface area contributed by atoms with E-state index in [4.69, 9.17) is 0 Å². The minimum absolute atomic E-state index is 0.867. The second-order valence-corrected chi connectivity index (χ2v) is 5.17. The van der Waals surface area contributed by atoms with Gasteiger partial charge in [0.05, 0.1) is 0 Å². The van der Waals surface area contributed by atoms with Gasteiger partial charge in [0.15, 0.2) is 0 Å². The Morgan fingerprint density at radius 3 is 2.78 bits per heavy atom. The van der Waals surface area contributed by atoms with Crippen molar-refractivity contribution < 1.29 is 5.11 Å². The van der Waals surface area contributed by atoms with Crippen LogP contribution in [0.4, 0.5) is 0 Å². The van der Waals surface area contributed by atoms with Crippen LogP contribution in [0.5, 0.6) is 0 Å². The zero-order chi connectivity index (χ0) is 13.0. The largest absolute Gasteiger partial charge is 0.374 e. The van der Waals surface area contributed by atoms with E-state index in [0.717, 1.165) is 24.0 Å². The highest BCUT2D eigenvalue weighted by molar-refractivity contribution is 5.38. The molecule has 2 rings (SSSR count). The van der Waals surface area contributed by atoms with Crippen molar-refractivity contribution in [2.24, 2.45) is 0 Å². The van der Waals surface area contributed by atoms with Crippen molar-refractivity contribution in [2.75, 3.05) is 0 Å². The van der Waals surface area contributed by atoms with E-state index in [9.17, 15) is 5.11 Å². The second kappa shape index (κ2) is 5.42. The summed E-state index contributed by atoms with van der Waals surface area (Å²) in [5, 5.41) is 10.4. The van der Waals surface area contributed by atoms with Crippen LogP contribution < -0.4 is 0 Å². The van der Waals surface area contributed by atoms with E-state index in [1.807, 2.05) is 31.2 Å². The maximum absolute atomic E-state index is 10.4. The van der Waals surface area contributed by atoms with Crippen molar-refractivity contribution in [1.29, 1.82) is 0 Å². The minimum atomic E-state index is -1.07. The average Bonchev–Trinajstić information content (AvgIpc) is 2.38. The van der Waals surface area contributed by atoms with Crippen molar-refractivity contribution >= 4 is 0 Å². The quantitative estimate of drug-likeness (QED) is 0.742. The predicted octanol–water partition coefficient (Wildman–Crippen LogP) is 3.71. The molecular formula is C17H20O. The molecule has 1 aromatic carbocycles. The number of allylic oxidation sites excluding steroid dienone is 2. The molecule has 1 atom stereocenters. The first kappa shape index (κ1) is 12.9. The number of aliphatic hydroxyl groups is 1. The summed E-state index contributed by atoms with van der Waals surface area (Å²) in [5.41, 5.74) is 2.12. The summed E-state index contributed by atoms with van der Waals surface area (Å²) in [6, 6.07) is 7.90. The zero-order valence-electron chi connectivity index (χ0n) is 11.2. The minimum Gasteiger partial charge on any atom is -0.374 e. The smallest absolute Gasteiger partial charge is 0.148 e. The molecule has 0 spiro atoms. The summed E-state index contributed by atoms with van der Waals surface area (Å²) in [7, 11) is 0. The molecule has 0 fully saturated rings. The Labute approximate surface area is 110 Å². The monoisotopic (exact) mass is 240 g/mol. The fourth-order valence-electron chi connectivity index (χ4n) is 2.17. The Morgan fingerprint density at radius 2 is 2.11 bits per heavy atom. The third kappa shape index (κ3) is 3.24. The molecule has 0 heterocycles. The van der Waals surface area contributed by atoms with E-state index in [0.29, 0.717) is 0 Å². The van der Waals surface area contributed by atoms with Crippen molar-refractivity contribution in [3.63, 3.8) is 0 Å². The van der Waals surface area contributed by atoms with Crippen LogP contribution >= 0.6 is 0 Å². The second-order valence-electron chi connectivity index (χ2n) is 5.17. The Bertz CT molecular complexity index is 512. The molecule has 94 valence electrons. The van der Waals surface area contributed by atoms with Gasteiger partial charge >= 0.3 is 0 Å². The molecule has 0 amide bonds. The molecule has 0 bridgehead atoms. The van der Waals surface area contributed by atoms with E-state index in [-0.39, 0.29) is 0 Å². The highest BCUT2D eigenvalue weighted by atomic mass is 16.3. The average molecular weight is 240 g/mol. The van der Waals surface area contributed by atoms with Crippen molar-refractivity contribution in [3.8, 4) is 11.8 Å². The molecule has 0 radical (unpaired) electrons. The normalized spacial score (nSPS) is 18.3. The lowest BCUT2D eigenvalue weighted by Crippen LogP contribution is -2.18. The van der Waals surface area contributed by atoms with Crippen LogP contribution in [0.2, 0.25) is 0 Å². The summed E-state index contributed by atoms with van der Waals surface area (Å²) in [4.78, 5) is 0. The van der Waals surface area contributed by atoms with Gasteiger partial charge in [-0.25, -0.2) is 0 Å². The van der Waals surface area contributed by atoms with Crippen LogP contribution in [0.25, 0.3) is 0 Å². The first-order valence-electron chi connectivity index (χ1n) is 6.60. The molecule has 0 aromatic heterocycles. The molecule has 1 aliphatic carbocycles. The van der Waals surface area contributed by atoms with Gasteiger partial charge < -0.3 is 5.11 Å². The molecule has 1 heteroatoms. The number of rotatable bonds is 1. The van der Waals surface area contributed by atoms with Gasteiger partial charge in [-0.3, -0.25) is 0 Å². The van der Waals surface area contributed by atoms with E-state index in [1.165, 1.54) is 18.4 Å². The third-order valence-electron chi connectivity index (χ3n) is 3.34. The Kier molecular flexibility index (Phi) is 3.89. The molecule has 0 saturated carbocycles. The fraction of sp³-hybridized carbons (Fsp3) is 0.412. The van der Waals surface area contributed by atoms with Gasteiger partial charge in [0.2, 0.25) is 0 Å². The van der Waals surface area contributed by atoms with E-state index >= 15 is 0 Å². The lowest BCUT2D eigenvalue weighted by molar-refractivity contribution is 0.122. The maximum Gasteiger partial charge on any atom is 0.148 e. The summed E-state index contributed by atoms with van der Waals surface area (Å²) < 4.78 is 0. The SMILES string of the molecule is Cc1cccc(C(C)(O)C#CC2=CCCCC2)c1. The van der Waals surface area contributed by atoms with E-state index in [2.05, 4.69) is 17.9 Å². The van der Waals surface area contributed by atoms with Crippen LogP contribution in [0, 0.1) is 18.8 Å². The topological polar surface area (TPSA) is 20.2 Å². The van der Waals surface area contributed by atoms with E-state index in [1.54, 1.807) is 6.92 Å².